The van der Waals surface area contributed by atoms with E-state index in [0.29, 0.717) is 11.8 Å². The molecule has 2 N–H and O–H groups in total. The number of hydrogen-bond donors (Lipinski definition) is 2. The molecular weight excluding hydrogens is 286 g/mol. The molecule has 122 valence electrons. The molecule has 0 aliphatic carbocycles. The van der Waals surface area contributed by atoms with Crippen LogP contribution < -0.4 is 10.6 Å². The molecular formula is C18H25N5. The SMILES string of the molecule is CC(C)c1cc(NCC2CCCNC2)nc(-c2ccncc2)n1. The maximum atomic E-state index is 4.71. The standard InChI is InChI=1S/C18H25N5/c1-13(2)16-10-17(21-12-14-4-3-7-20-11-14)23-18(22-16)15-5-8-19-9-6-15/h5-6,8-10,13-14,20H,3-4,7,11-12H2,1-2H3,(H,21,22,23). The average Bonchev–Trinajstić information content (AvgIpc) is 2.61. The molecule has 0 spiro atoms. The maximum Gasteiger partial charge on any atom is 0.161 e. The fourth-order valence-corrected chi connectivity index (χ4v) is 2.83. The molecule has 1 unspecified atom stereocenters. The number of pyridine rings is 1. The van der Waals surface area contributed by atoms with E-state index >= 15 is 0 Å². The van der Waals surface area contributed by atoms with E-state index in [9.17, 15) is 0 Å². The van der Waals surface area contributed by atoms with Crippen molar-refractivity contribution in [1.29, 1.82) is 0 Å². The molecule has 5 nitrogen and oxygen atoms in total. The van der Waals surface area contributed by atoms with Gasteiger partial charge in [-0.3, -0.25) is 4.98 Å². The molecule has 0 saturated carbocycles. The molecule has 5 heteroatoms. The van der Waals surface area contributed by atoms with Crippen molar-refractivity contribution in [2.75, 3.05) is 25.0 Å². The molecule has 0 amide bonds. The number of nitrogens with one attached hydrogen (secondary N) is 2. The summed E-state index contributed by atoms with van der Waals surface area (Å²) in [7, 11) is 0. The van der Waals surface area contributed by atoms with Crippen LogP contribution in [0.15, 0.2) is 30.6 Å². The van der Waals surface area contributed by atoms with Crippen molar-refractivity contribution in [3.63, 3.8) is 0 Å². The number of aromatic nitrogens is 3. The Labute approximate surface area is 138 Å². The summed E-state index contributed by atoms with van der Waals surface area (Å²) >= 11 is 0. The van der Waals surface area contributed by atoms with Gasteiger partial charge in [-0.25, -0.2) is 9.97 Å². The van der Waals surface area contributed by atoms with Gasteiger partial charge in [0.05, 0.1) is 0 Å². The molecule has 2 aromatic rings. The molecule has 1 saturated heterocycles. The van der Waals surface area contributed by atoms with E-state index < -0.39 is 0 Å². The van der Waals surface area contributed by atoms with Crippen LogP contribution in [0.4, 0.5) is 5.82 Å². The monoisotopic (exact) mass is 311 g/mol. The largest absolute Gasteiger partial charge is 0.370 e. The third-order valence-corrected chi connectivity index (χ3v) is 4.25. The van der Waals surface area contributed by atoms with E-state index in [1.807, 2.05) is 12.1 Å². The second-order valence-corrected chi connectivity index (χ2v) is 6.49. The lowest BCUT2D eigenvalue weighted by molar-refractivity contribution is 0.392. The molecule has 1 atom stereocenters. The van der Waals surface area contributed by atoms with Crippen LogP contribution in [0.5, 0.6) is 0 Å². The Morgan fingerprint density at radius 1 is 1.26 bits per heavy atom. The number of piperidine rings is 1. The first-order valence-corrected chi connectivity index (χ1v) is 8.46. The Morgan fingerprint density at radius 3 is 2.78 bits per heavy atom. The van der Waals surface area contributed by atoms with Crippen molar-refractivity contribution in [2.45, 2.75) is 32.6 Å². The summed E-state index contributed by atoms with van der Waals surface area (Å²) in [4.78, 5) is 13.5. The van der Waals surface area contributed by atoms with Gasteiger partial charge in [-0.15, -0.1) is 0 Å². The van der Waals surface area contributed by atoms with Gasteiger partial charge in [0.2, 0.25) is 0 Å². The van der Waals surface area contributed by atoms with E-state index in [-0.39, 0.29) is 0 Å². The average molecular weight is 311 g/mol. The van der Waals surface area contributed by atoms with E-state index in [2.05, 4.69) is 35.5 Å². The highest BCUT2D eigenvalue weighted by Gasteiger charge is 2.14. The van der Waals surface area contributed by atoms with Gasteiger partial charge in [0, 0.05) is 36.3 Å². The normalized spacial score (nSPS) is 18.1. The van der Waals surface area contributed by atoms with Crippen LogP contribution in [0, 0.1) is 5.92 Å². The molecule has 1 fully saturated rings. The molecule has 3 heterocycles. The van der Waals surface area contributed by atoms with Crippen molar-refractivity contribution in [3.05, 3.63) is 36.3 Å². The molecule has 1 aliphatic heterocycles. The zero-order valence-corrected chi connectivity index (χ0v) is 13.9. The summed E-state index contributed by atoms with van der Waals surface area (Å²) in [6.45, 7) is 7.51. The lowest BCUT2D eigenvalue weighted by Crippen LogP contribution is -2.33. The van der Waals surface area contributed by atoms with Crippen molar-refractivity contribution < 1.29 is 0 Å². The predicted octanol–water partition coefficient (Wildman–Crippen LogP) is 3.07. The highest BCUT2D eigenvalue weighted by Crippen LogP contribution is 2.22. The Balaban J connectivity index is 1.79. The summed E-state index contributed by atoms with van der Waals surface area (Å²) in [6, 6.07) is 5.98. The lowest BCUT2D eigenvalue weighted by atomic mass is 10.00. The Morgan fingerprint density at radius 2 is 2.09 bits per heavy atom. The van der Waals surface area contributed by atoms with Gasteiger partial charge in [-0.2, -0.15) is 0 Å². The van der Waals surface area contributed by atoms with Gasteiger partial charge < -0.3 is 10.6 Å². The quantitative estimate of drug-likeness (QED) is 0.888. The Hall–Kier alpha value is -2.01. The summed E-state index contributed by atoms with van der Waals surface area (Å²) in [6.07, 6.45) is 6.10. The smallest absolute Gasteiger partial charge is 0.161 e. The number of anilines is 1. The van der Waals surface area contributed by atoms with Gasteiger partial charge in [-0.1, -0.05) is 13.8 Å². The molecule has 3 rings (SSSR count). The van der Waals surface area contributed by atoms with Gasteiger partial charge in [0.1, 0.15) is 5.82 Å². The summed E-state index contributed by atoms with van der Waals surface area (Å²) in [5, 5.41) is 6.97. The first kappa shape index (κ1) is 15.9. The minimum Gasteiger partial charge on any atom is -0.370 e. The second-order valence-electron chi connectivity index (χ2n) is 6.49. The summed E-state index contributed by atoms with van der Waals surface area (Å²) < 4.78 is 0. The molecule has 0 aromatic carbocycles. The molecule has 1 aliphatic rings. The first-order valence-electron chi connectivity index (χ1n) is 8.46. The lowest BCUT2D eigenvalue weighted by Gasteiger charge is -2.23. The van der Waals surface area contributed by atoms with Gasteiger partial charge in [-0.05, 0) is 49.9 Å². The zero-order chi connectivity index (χ0) is 16.1. The molecule has 23 heavy (non-hydrogen) atoms. The van der Waals surface area contributed by atoms with E-state index in [1.54, 1.807) is 12.4 Å². The highest BCUT2D eigenvalue weighted by atomic mass is 15.0. The fourth-order valence-electron chi connectivity index (χ4n) is 2.83. The third kappa shape index (κ3) is 4.26. The van der Waals surface area contributed by atoms with Crippen molar-refractivity contribution in [1.82, 2.24) is 20.3 Å². The van der Waals surface area contributed by atoms with Crippen LogP contribution in [0.3, 0.4) is 0 Å². The highest BCUT2D eigenvalue weighted by molar-refractivity contribution is 5.57. The second kappa shape index (κ2) is 7.51. The summed E-state index contributed by atoms with van der Waals surface area (Å²) in [5.41, 5.74) is 2.07. The van der Waals surface area contributed by atoms with E-state index in [1.165, 1.54) is 12.8 Å². The Kier molecular flexibility index (Phi) is 5.18. The van der Waals surface area contributed by atoms with Crippen LogP contribution in [0.2, 0.25) is 0 Å². The number of rotatable bonds is 5. The third-order valence-electron chi connectivity index (χ3n) is 4.25. The van der Waals surface area contributed by atoms with E-state index in [0.717, 1.165) is 42.5 Å². The minimum atomic E-state index is 0.371. The first-order chi connectivity index (χ1) is 11.2. The number of nitrogens with zero attached hydrogens (tertiary/aromatic N) is 3. The van der Waals surface area contributed by atoms with Crippen LogP contribution in [-0.2, 0) is 0 Å². The van der Waals surface area contributed by atoms with Crippen LogP contribution in [-0.4, -0.2) is 34.6 Å². The van der Waals surface area contributed by atoms with Crippen LogP contribution >= 0.6 is 0 Å². The maximum absolute atomic E-state index is 4.71. The van der Waals surface area contributed by atoms with Crippen molar-refractivity contribution in [2.24, 2.45) is 5.92 Å². The topological polar surface area (TPSA) is 62.7 Å². The molecule has 0 bridgehead atoms. The predicted molar refractivity (Wildman–Crippen MR) is 93.4 cm³/mol. The van der Waals surface area contributed by atoms with Crippen molar-refractivity contribution >= 4 is 5.82 Å². The number of hydrogen-bond acceptors (Lipinski definition) is 5. The minimum absolute atomic E-state index is 0.371. The molecule has 0 radical (unpaired) electrons. The summed E-state index contributed by atoms with van der Waals surface area (Å²) in [5.74, 6) is 2.73. The van der Waals surface area contributed by atoms with E-state index in [4.69, 9.17) is 9.97 Å². The molecule has 2 aromatic heterocycles. The van der Waals surface area contributed by atoms with Crippen LogP contribution in [0.25, 0.3) is 11.4 Å². The van der Waals surface area contributed by atoms with Gasteiger partial charge >= 0.3 is 0 Å². The van der Waals surface area contributed by atoms with Crippen molar-refractivity contribution in [3.8, 4) is 11.4 Å². The van der Waals surface area contributed by atoms with Crippen LogP contribution in [0.1, 0.15) is 38.3 Å². The van der Waals surface area contributed by atoms with Gasteiger partial charge in [0.15, 0.2) is 5.82 Å². The van der Waals surface area contributed by atoms with Gasteiger partial charge in [0.25, 0.3) is 0 Å². The zero-order valence-electron chi connectivity index (χ0n) is 13.9. The fraction of sp³-hybridized carbons (Fsp3) is 0.500. The Bertz CT molecular complexity index is 621.